The standard InChI is InChI=1S/C9H8N5P/c15-14-2-1-7-8(6-3-12-13-4-6)10-5-11-9(7)14/h1-5H,15H2,(H,12,13). The normalized spacial score (nSPS) is 11.0. The molecule has 0 aromatic carbocycles. The smallest absolute Gasteiger partial charge is 0.146 e. The van der Waals surface area contributed by atoms with Gasteiger partial charge in [0.1, 0.15) is 12.0 Å². The summed E-state index contributed by atoms with van der Waals surface area (Å²) < 4.78 is 1.89. The Hall–Kier alpha value is -1.74. The highest BCUT2D eigenvalue weighted by Crippen LogP contribution is 2.25. The van der Waals surface area contributed by atoms with Crippen LogP contribution in [0.3, 0.4) is 0 Å². The van der Waals surface area contributed by atoms with Crippen molar-refractivity contribution in [2.75, 3.05) is 0 Å². The van der Waals surface area contributed by atoms with Crippen molar-refractivity contribution in [3.05, 3.63) is 31.0 Å². The van der Waals surface area contributed by atoms with E-state index in [1.54, 1.807) is 12.5 Å². The molecule has 0 aliphatic rings. The van der Waals surface area contributed by atoms with Gasteiger partial charge < -0.3 is 4.34 Å². The van der Waals surface area contributed by atoms with Gasteiger partial charge in [-0.3, -0.25) is 5.10 Å². The summed E-state index contributed by atoms with van der Waals surface area (Å²) in [5, 5.41) is 7.71. The predicted molar refractivity (Wildman–Crippen MR) is 60.2 cm³/mol. The molecule has 0 bridgehead atoms. The molecule has 3 aromatic heterocycles. The molecule has 0 radical (unpaired) electrons. The topological polar surface area (TPSA) is 59.4 Å². The van der Waals surface area contributed by atoms with Gasteiger partial charge in [0, 0.05) is 23.3 Å². The highest BCUT2D eigenvalue weighted by atomic mass is 31.0. The van der Waals surface area contributed by atoms with E-state index in [4.69, 9.17) is 0 Å². The van der Waals surface area contributed by atoms with Crippen LogP contribution in [0, 0.1) is 0 Å². The Morgan fingerprint density at radius 2 is 2.27 bits per heavy atom. The average molecular weight is 217 g/mol. The molecule has 1 unspecified atom stereocenters. The molecule has 0 spiro atoms. The van der Waals surface area contributed by atoms with Crippen LogP contribution < -0.4 is 0 Å². The monoisotopic (exact) mass is 217 g/mol. The molecule has 6 heteroatoms. The fourth-order valence-corrected chi connectivity index (χ4v) is 1.87. The number of hydrogen-bond acceptors (Lipinski definition) is 3. The van der Waals surface area contributed by atoms with Gasteiger partial charge in [-0.05, 0) is 15.5 Å². The molecule has 0 saturated carbocycles. The summed E-state index contributed by atoms with van der Waals surface area (Å²) in [6.45, 7) is 0. The van der Waals surface area contributed by atoms with Crippen LogP contribution in [-0.4, -0.2) is 24.5 Å². The third-order valence-electron chi connectivity index (χ3n) is 2.28. The molecule has 3 heterocycles. The number of fused-ring (bicyclic) bond motifs is 1. The third-order valence-corrected chi connectivity index (χ3v) is 2.70. The van der Waals surface area contributed by atoms with Gasteiger partial charge in [0.25, 0.3) is 0 Å². The van der Waals surface area contributed by atoms with Gasteiger partial charge in [-0.2, -0.15) is 5.10 Å². The van der Waals surface area contributed by atoms with Crippen molar-refractivity contribution in [3.63, 3.8) is 0 Å². The van der Waals surface area contributed by atoms with Crippen molar-refractivity contribution in [3.8, 4) is 11.3 Å². The lowest BCUT2D eigenvalue weighted by atomic mass is 10.2. The van der Waals surface area contributed by atoms with Crippen molar-refractivity contribution < 1.29 is 0 Å². The molecule has 74 valence electrons. The molecule has 5 nitrogen and oxygen atoms in total. The second-order valence-corrected chi connectivity index (χ2v) is 3.73. The first kappa shape index (κ1) is 8.56. The van der Waals surface area contributed by atoms with Crippen molar-refractivity contribution in [2.45, 2.75) is 0 Å². The molecule has 1 atom stereocenters. The molecule has 0 aliphatic carbocycles. The quantitative estimate of drug-likeness (QED) is 0.628. The Bertz CT molecular complexity index is 598. The summed E-state index contributed by atoms with van der Waals surface area (Å²) in [7, 11) is 2.59. The van der Waals surface area contributed by atoms with Crippen LogP contribution in [0.15, 0.2) is 31.0 Å². The van der Waals surface area contributed by atoms with Gasteiger partial charge in [-0.1, -0.05) is 0 Å². The highest BCUT2D eigenvalue weighted by molar-refractivity contribution is 7.14. The maximum Gasteiger partial charge on any atom is 0.146 e. The molecule has 0 aliphatic heterocycles. The highest BCUT2D eigenvalue weighted by Gasteiger charge is 2.08. The number of aromatic amines is 1. The van der Waals surface area contributed by atoms with Gasteiger partial charge in [0.05, 0.1) is 11.9 Å². The number of nitrogens with one attached hydrogen (secondary N) is 1. The summed E-state index contributed by atoms with van der Waals surface area (Å²) in [4.78, 5) is 8.48. The molecule has 0 amide bonds. The Kier molecular flexibility index (Phi) is 1.79. The van der Waals surface area contributed by atoms with Crippen LogP contribution in [-0.2, 0) is 0 Å². The molecule has 0 saturated heterocycles. The molecular formula is C9H8N5P. The van der Waals surface area contributed by atoms with E-state index in [1.165, 1.54) is 0 Å². The number of rotatable bonds is 1. The minimum atomic E-state index is 0.895. The van der Waals surface area contributed by atoms with E-state index in [2.05, 4.69) is 29.6 Å². The minimum Gasteiger partial charge on any atom is -0.317 e. The number of hydrogen-bond donors (Lipinski definition) is 1. The van der Waals surface area contributed by atoms with E-state index in [0.717, 1.165) is 22.3 Å². The van der Waals surface area contributed by atoms with Crippen LogP contribution in [0.25, 0.3) is 22.3 Å². The van der Waals surface area contributed by atoms with Gasteiger partial charge in [-0.15, -0.1) is 0 Å². The van der Waals surface area contributed by atoms with Gasteiger partial charge in [0.2, 0.25) is 0 Å². The van der Waals surface area contributed by atoms with Gasteiger partial charge >= 0.3 is 0 Å². The average Bonchev–Trinajstić information content (AvgIpc) is 2.88. The molecule has 3 rings (SSSR count). The maximum absolute atomic E-state index is 4.27. The fourth-order valence-electron chi connectivity index (χ4n) is 1.58. The van der Waals surface area contributed by atoms with Gasteiger partial charge in [-0.25, -0.2) is 9.97 Å². The Labute approximate surface area is 87.8 Å². The first-order valence-electron chi connectivity index (χ1n) is 4.42. The Morgan fingerprint density at radius 3 is 3.07 bits per heavy atom. The molecule has 0 fully saturated rings. The summed E-state index contributed by atoms with van der Waals surface area (Å²) in [6.07, 6.45) is 7.07. The fraction of sp³-hybridized carbons (Fsp3) is 0. The van der Waals surface area contributed by atoms with Gasteiger partial charge in [0.15, 0.2) is 0 Å². The van der Waals surface area contributed by atoms with E-state index in [-0.39, 0.29) is 0 Å². The van der Waals surface area contributed by atoms with E-state index >= 15 is 0 Å². The number of aromatic nitrogens is 5. The van der Waals surface area contributed by atoms with E-state index in [9.17, 15) is 0 Å². The number of nitrogens with zero attached hydrogens (tertiary/aromatic N) is 4. The lowest BCUT2D eigenvalue weighted by Crippen LogP contribution is -1.87. The zero-order valence-electron chi connectivity index (χ0n) is 7.75. The second-order valence-electron chi connectivity index (χ2n) is 3.17. The van der Waals surface area contributed by atoms with E-state index in [1.807, 2.05) is 22.8 Å². The van der Waals surface area contributed by atoms with Crippen LogP contribution in [0.2, 0.25) is 0 Å². The largest absolute Gasteiger partial charge is 0.317 e. The van der Waals surface area contributed by atoms with Crippen molar-refractivity contribution in [2.24, 2.45) is 0 Å². The lowest BCUT2D eigenvalue weighted by Gasteiger charge is -1.98. The molecule has 15 heavy (non-hydrogen) atoms. The van der Waals surface area contributed by atoms with Crippen molar-refractivity contribution in [1.82, 2.24) is 24.5 Å². The van der Waals surface area contributed by atoms with Crippen LogP contribution >= 0.6 is 9.39 Å². The van der Waals surface area contributed by atoms with Crippen LogP contribution in [0.5, 0.6) is 0 Å². The van der Waals surface area contributed by atoms with Crippen molar-refractivity contribution >= 4 is 20.4 Å². The van der Waals surface area contributed by atoms with Crippen molar-refractivity contribution in [1.29, 1.82) is 0 Å². The summed E-state index contributed by atoms with van der Waals surface area (Å²) >= 11 is 0. The summed E-state index contributed by atoms with van der Waals surface area (Å²) in [5.41, 5.74) is 2.76. The van der Waals surface area contributed by atoms with Crippen LogP contribution in [0.1, 0.15) is 0 Å². The second kappa shape index (κ2) is 3.14. The zero-order valence-corrected chi connectivity index (χ0v) is 8.91. The third kappa shape index (κ3) is 1.24. The summed E-state index contributed by atoms with van der Waals surface area (Å²) in [5.74, 6) is 0. The van der Waals surface area contributed by atoms with E-state index < -0.39 is 0 Å². The Morgan fingerprint density at radius 1 is 1.33 bits per heavy atom. The number of H-pyrrole nitrogens is 1. The van der Waals surface area contributed by atoms with Crippen LogP contribution in [0.4, 0.5) is 0 Å². The lowest BCUT2D eigenvalue weighted by molar-refractivity contribution is 1.09. The predicted octanol–water partition coefficient (Wildman–Crippen LogP) is 1.46. The SMILES string of the molecule is Pn1ccc2c(-c3cn[nH]c3)ncnc21. The first-order chi connectivity index (χ1) is 7.36. The zero-order chi connectivity index (χ0) is 10.3. The first-order valence-corrected chi connectivity index (χ1v) is 4.94. The molecule has 3 aromatic rings. The molecular weight excluding hydrogens is 209 g/mol. The summed E-state index contributed by atoms with van der Waals surface area (Å²) in [6, 6.07) is 1.99. The van der Waals surface area contributed by atoms with E-state index in [0.29, 0.717) is 0 Å². The Balaban J connectivity index is 2.36. The maximum atomic E-state index is 4.27. The molecule has 1 N–H and O–H groups in total. The minimum absolute atomic E-state index is 0.895.